The maximum Gasteiger partial charge on any atom is 0.261 e. The van der Waals surface area contributed by atoms with E-state index in [4.69, 9.17) is 10.7 Å². The van der Waals surface area contributed by atoms with Crippen molar-refractivity contribution in [2.45, 2.75) is 51.5 Å². The number of aryl methyl sites for hydroxylation is 1. The highest BCUT2D eigenvalue weighted by atomic mass is 35.7. The summed E-state index contributed by atoms with van der Waals surface area (Å²) in [6, 6.07) is 4.43. The molecule has 1 rings (SSSR count). The van der Waals surface area contributed by atoms with Crippen LogP contribution in [0.5, 0.6) is 0 Å². The molecule has 2 unspecified atom stereocenters. The average Bonchev–Trinajstić information content (AvgIpc) is 2.44. The van der Waals surface area contributed by atoms with Crippen LogP contribution in [0.25, 0.3) is 0 Å². The van der Waals surface area contributed by atoms with Gasteiger partial charge in [-0.15, -0.1) is 0 Å². The third-order valence-corrected chi connectivity index (χ3v) is 5.20. The fraction of sp³-hybridized carbons (Fsp3) is 0.533. The first-order chi connectivity index (χ1) is 9.70. The van der Waals surface area contributed by atoms with Crippen LogP contribution < -0.4 is 5.32 Å². The number of amides is 1. The Morgan fingerprint density at radius 2 is 1.90 bits per heavy atom. The molecular weight excluding hydrogens is 310 g/mol. The molecule has 0 saturated carbocycles. The maximum absolute atomic E-state index is 12.4. The number of halogens is 1. The SMILES string of the molecule is CCc1ccc(S(=O)(=O)Cl)cc1C(=O)NC(C)C(C)CC. The minimum Gasteiger partial charge on any atom is -0.349 e. The summed E-state index contributed by atoms with van der Waals surface area (Å²) in [4.78, 5) is 12.3. The van der Waals surface area contributed by atoms with Crippen LogP contribution in [-0.4, -0.2) is 20.4 Å². The zero-order chi connectivity index (χ0) is 16.2. The molecule has 0 spiro atoms. The number of hydrogen-bond donors (Lipinski definition) is 1. The monoisotopic (exact) mass is 331 g/mol. The molecule has 0 aliphatic rings. The van der Waals surface area contributed by atoms with Crippen molar-refractivity contribution in [1.29, 1.82) is 0 Å². The number of nitrogens with one attached hydrogen (secondary N) is 1. The predicted molar refractivity (Wildman–Crippen MR) is 85.2 cm³/mol. The Kier molecular flexibility index (Phi) is 6.23. The Labute approximate surface area is 131 Å². The fourth-order valence-corrected chi connectivity index (χ4v) is 2.78. The lowest BCUT2D eigenvalue weighted by Gasteiger charge is -2.20. The van der Waals surface area contributed by atoms with Gasteiger partial charge in [-0.25, -0.2) is 8.42 Å². The van der Waals surface area contributed by atoms with Crippen molar-refractivity contribution in [1.82, 2.24) is 5.32 Å². The second kappa shape index (κ2) is 7.27. The number of hydrogen-bond acceptors (Lipinski definition) is 3. The molecule has 0 aromatic heterocycles. The van der Waals surface area contributed by atoms with Gasteiger partial charge in [-0.2, -0.15) is 0 Å². The molecule has 21 heavy (non-hydrogen) atoms. The molecule has 0 aliphatic heterocycles. The molecule has 0 saturated heterocycles. The van der Waals surface area contributed by atoms with Gasteiger partial charge in [0.05, 0.1) is 4.90 Å². The molecule has 0 bridgehead atoms. The Morgan fingerprint density at radius 3 is 2.38 bits per heavy atom. The van der Waals surface area contributed by atoms with Crippen LogP contribution in [-0.2, 0) is 15.5 Å². The number of carbonyl (C=O) groups is 1. The van der Waals surface area contributed by atoms with Gasteiger partial charge in [0.1, 0.15) is 0 Å². The third kappa shape index (κ3) is 4.71. The summed E-state index contributed by atoms with van der Waals surface area (Å²) in [7, 11) is 1.51. The normalized spacial score (nSPS) is 14.5. The molecule has 0 heterocycles. The van der Waals surface area contributed by atoms with Gasteiger partial charge < -0.3 is 5.32 Å². The molecular formula is C15H22ClNO3S. The standard InChI is InChI=1S/C15H22ClNO3S/c1-5-10(3)11(4)17-15(18)14-9-13(21(16,19)20)8-7-12(14)6-2/h7-11H,5-6H2,1-4H3,(H,17,18). The van der Waals surface area contributed by atoms with Crippen molar-refractivity contribution in [3.05, 3.63) is 29.3 Å². The fourth-order valence-electron chi connectivity index (χ4n) is 2.01. The topological polar surface area (TPSA) is 63.2 Å². The first-order valence-corrected chi connectivity index (χ1v) is 9.40. The van der Waals surface area contributed by atoms with Crippen molar-refractivity contribution in [3.63, 3.8) is 0 Å². The van der Waals surface area contributed by atoms with Gasteiger partial charge in [0.25, 0.3) is 15.0 Å². The number of rotatable bonds is 6. The minimum absolute atomic E-state index is 0.0171. The molecule has 1 N–H and O–H groups in total. The lowest BCUT2D eigenvalue weighted by molar-refractivity contribution is 0.0927. The highest BCUT2D eigenvalue weighted by molar-refractivity contribution is 8.13. The van der Waals surface area contributed by atoms with Crippen LogP contribution >= 0.6 is 10.7 Å². The van der Waals surface area contributed by atoms with Gasteiger partial charge in [0.15, 0.2) is 0 Å². The van der Waals surface area contributed by atoms with E-state index < -0.39 is 9.05 Å². The Hall–Kier alpha value is -1.07. The van der Waals surface area contributed by atoms with E-state index in [2.05, 4.69) is 19.2 Å². The summed E-state index contributed by atoms with van der Waals surface area (Å²) in [5.74, 6) is 0.0841. The van der Waals surface area contributed by atoms with E-state index >= 15 is 0 Å². The third-order valence-electron chi connectivity index (χ3n) is 3.84. The predicted octanol–water partition coefficient (Wildman–Crippen LogP) is 3.34. The van der Waals surface area contributed by atoms with Gasteiger partial charge >= 0.3 is 0 Å². The summed E-state index contributed by atoms with van der Waals surface area (Å²) in [5.41, 5.74) is 1.17. The van der Waals surface area contributed by atoms with Crippen molar-refractivity contribution >= 4 is 25.6 Å². The smallest absolute Gasteiger partial charge is 0.261 e. The molecule has 6 heteroatoms. The molecule has 118 valence electrons. The zero-order valence-electron chi connectivity index (χ0n) is 12.8. The van der Waals surface area contributed by atoms with Crippen molar-refractivity contribution in [2.75, 3.05) is 0 Å². The Bertz CT molecular complexity index is 613. The Balaban J connectivity index is 3.12. The van der Waals surface area contributed by atoms with Crippen LogP contribution in [0.2, 0.25) is 0 Å². The largest absolute Gasteiger partial charge is 0.349 e. The van der Waals surface area contributed by atoms with E-state index in [0.717, 1.165) is 12.0 Å². The summed E-state index contributed by atoms with van der Waals surface area (Å²) < 4.78 is 22.8. The second-order valence-electron chi connectivity index (χ2n) is 5.26. The summed E-state index contributed by atoms with van der Waals surface area (Å²) in [5, 5.41) is 2.92. The maximum atomic E-state index is 12.4. The van der Waals surface area contributed by atoms with Crippen molar-refractivity contribution in [2.24, 2.45) is 5.92 Å². The first kappa shape index (κ1) is 18.0. The minimum atomic E-state index is -3.84. The van der Waals surface area contributed by atoms with Gasteiger partial charge in [-0.1, -0.05) is 33.3 Å². The first-order valence-electron chi connectivity index (χ1n) is 7.09. The van der Waals surface area contributed by atoms with Gasteiger partial charge in [-0.3, -0.25) is 4.79 Å². The van der Waals surface area contributed by atoms with E-state index in [0.29, 0.717) is 17.9 Å². The molecule has 0 aliphatic carbocycles. The summed E-state index contributed by atoms with van der Waals surface area (Å²) in [6.45, 7) is 7.98. The quantitative estimate of drug-likeness (QED) is 0.813. The van der Waals surface area contributed by atoms with Gasteiger partial charge in [0.2, 0.25) is 0 Å². The van der Waals surface area contributed by atoms with Crippen molar-refractivity contribution < 1.29 is 13.2 Å². The Morgan fingerprint density at radius 1 is 1.29 bits per heavy atom. The number of benzene rings is 1. The lowest BCUT2D eigenvalue weighted by atomic mass is 9.99. The highest BCUT2D eigenvalue weighted by Crippen LogP contribution is 2.20. The summed E-state index contributed by atoms with van der Waals surface area (Å²) >= 11 is 0. The summed E-state index contributed by atoms with van der Waals surface area (Å²) in [6.07, 6.45) is 1.60. The van der Waals surface area contributed by atoms with Gasteiger partial charge in [0, 0.05) is 22.3 Å². The van der Waals surface area contributed by atoms with Gasteiger partial charge in [-0.05, 0) is 37.0 Å². The highest BCUT2D eigenvalue weighted by Gasteiger charge is 2.19. The molecule has 0 fully saturated rings. The van der Waals surface area contributed by atoms with Crippen LogP contribution in [0, 0.1) is 5.92 Å². The van der Waals surface area contributed by atoms with E-state index in [1.165, 1.54) is 12.1 Å². The molecule has 4 nitrogen and oxygen atoms in total. The van der Waals surface area contributed by atoms with E-state index in [1.54, 1.807) is 6.07 Å². The number of carbonyl (C=O) groups excluding carboxylic acids is 1. The zero-order valence-corrected chi connectivity index (χ0v) is 14.4. The molecule has 1 amide bonds. The molecule has 1 aromatic rings. The second-order valence-corrected chi connectivity index (χ2v) is 7.82. The molecule has 0 radical (unpaired) electrons. The molecule has 1 aromatic carbocycles. The van der Waals surface area contributed by atoms with Crippen LogP contribution in [0.4, 0.5) is 0 Å². The average molecular weight is 332 g/mol. The van der Waals surface area contributed by atoms with E-state index in [1.807, 2.05) is 13.8 Å². The lowest BCUT2D eigenvalue weighted by Crippen LogP contribution is -2.37. The molecule has 2 atom stereocenters. The van der Waals surface area contributed by atoms with Crippen LogP contribution in [0.3, 0.4) is 0 Å². The van der Waals surface area contributed by atoms with Crippen LogP contribution in [0.1, 0.15) is 50.0 Å². The van der Waals surface area contributed by atoms with Crippen molar-refractivity contribution in [3.8, 4) is 0 Å². The van der Waals surface area contributed by atoms with E-state index in [-0.39, 0.29) is 16.8 Å². The van der Waals surface area contributed by atoms with E-state index in [9.17, 15) is 13.2 Å². The van der Waals surface area contributed by atoms with Crippen LogP contribution in [0.15, 0.2) is 23.1 Å².